The predicted molar refractivity (Wildman–Crippen MR) is 69.2 cm³/mol. The van der Waals surface area contributed by atoms with E-state index in [-0.39, 0.29) is 0 Å². The van der Waals surface area contributed by atoms with Crippen LogP contribution in [-0.2, 0) is 6.42 Å². The number of nitriles is 1. The molecule has 0 saturated carbocycles. The van der Waals surface area contributed by atoms with E-state index in [4.69, 9.17) is 9.68 Å². The molecular formula is C13H13N3OS. The molecule has 0 spiro atoms. The molecule has 1 heterocycles. The van der Waals surface area contributed by atoms with Gasteiger partial charge in [0.25, 0.3) is 5.22 Å². The van der Waals surface area contributed by atoms with Gasteiger partial charge in [-0.25, -0.2) is 0 Å². The maximum Gasteiger partial charge on any atom is 0.277 e. The summed E-state index contributed by atoms with van der Waals surface area (Å²) < 4.78 is 5.47. The Kier molecular flexibility index (Phi) is 4.37. The summed E-state index contributed by atoms with van der Waals surface area (Å²) in [5, 5.41) is 16.8. The second kappa shape index (κ2) is 6.22. The zero-order chi connectivity index (χ0) is 12.8. The Bertz CT molecular complexity index is 533. The van der Waals surface area contributed by atoms with E-state index < -0.39 is 0 Å². The lowest BCUT2D eigenvalue weighted by Gasteiger charge is -2.08. The summed E-state index contributed by atoms with van der Waals surface area (Å²) in [5.74, 6) is 1.28. The van der Waals surface area contributed by atoms with Crippen molar-refractivity contribution in [1.82, 2.24) is 10.2 Å². The third-order valence-corrected chi connectivity index (χ3v) is 3.24. The summed E-state index contributed by atoms with van der Waals surface area (Å²) in [6, 6.07) is 12.2. The number of thioether (sulfide) groups is 1. The third-order valence-electron chi connectivity index (χ3n) is 2.56. The van der Waals surface area contributed by atoms with Gasteiger partial charge in [0.2, 0.25) is 5.89 Å². The maximum absolute atomic E-state index is 8.47. The first-order chi connectivity index (χ1) is 8.79. The highest BCUT2D eigenvalue weighted by Crippen LogP contribution is 2.21. The molecular weight excluding hydrogens is 246 g/mol. The first-order valence-corrected chi connectivity index (χ1v) is 6.65. The molecule has 1 aromatic heterocycles. The lowest BCUT2D eigenvalue weighted by molar-refractivity contribution is 0.405. The summed E-state index contributed by atoms with van der Waals surface area (Å²) in [6.07, 6.45) is 0.712. The molecule has 0 amide bonds. The van der Waals surface area contributed by atoms with Crippen molar-refractivity contribution in [3.05, 3.63) is 41.8 Å². The van der Waals surface area contributed by atoms with Crippen molar-refractivity contribution in [1.29, 1.82) is 5.26 Å². The van der Waals surface area contributed by atoms with Crippen molar-refractivity contribution < 1.29 is 4.42 Å². The molecule has 92 valence electrons. The summed E-state index contributed by atoms with van der Waals surface area (Å²) >= 11 is 1.26. The van der Waals surface area contributed by atoms with Crippen LogP contribution in [0.3, 0.4) is 0 Å². The fourth-order valence-corrected chi connectivity index (χ4v) is 2.08. The van der Waals surface area contributed by atoms with E-state index in [1.165, 1.54) is 17.3 Å². The molecule has 0 aliphatic heterocycles. The van der Waals surface area contributed by atoms with Crippen molar-refractivity contribution in [2.75, 3.05) is 5.75 Å². The van der Waals surface area contributed by atoms with Crippen LogP contribution in [0.2, 0.25) is 0 Å². The average Bonchev–Trinajstić information content (AvgIpc) is 2.85. The summed E-state index contributed by atoms with van der Waals surface area (Å²) in [6.45, 7) is 2.13. The summed E-state index contributed by atoms with van der Waals surface area (Å²) in [5.41, 5.74) is 1.25. The van der Waals surface area contributed by atoms with Crippen LogP contribution in [0, 0.1) is 11.3 Å². The third kappa shape index (κ3) is 3.34. The molecule has 0 N–H and O–H groups in total. The van der Waals surface area contributed by atoms with Crippen LogP contribution >= 0.6 is 11.8 Å². The van der Waals surface area contributed by atoms with Gasteiger partial charge in [-0.1, -0.05) is 49.0 Å². The first kappa shape index (κ1) is 12.7. The number of aromatic nitrogens is 2. The van der Waals surface area contributed by atoms with E-state index in [9.17, 15) is 0 Å². The molecule has 0 unspecified atom stereocenters. The average molecular weight is 259 g/mol. The van der Waals surface area contributed by atoms with Crippen LogP contribution < -0.4 is 0 Å². The largest absolute Gasteiger partial charge is 0.416 e. The molecule has 0 aliphatic rings. The van der Waals surface area contributed by atoms with Gasteiger partial charge in [0.15, 0.2) is 0 Å². The monoisotopic (exact) mass is 259 g/mol. The fourth-order valence-electron chi connectivity index (χ4n) is 1.63. The topological polar surface area (TPSA) is 62.7 Å². The second-order valence-corrected chi connectivity index (χ2v) is 4.85. The second-order valence-electron chi connectivity index (χ2n) is 3.92. The number of rotatable bonds is 5. The first-order valence-electron chi connectivity index (χ1n) is 5.66. The lowest BCUT2D eigenvalue weighted by Crippen LogP contribution is -1.98. The minimum Gasteiger partial charge on any atom is -0.416 e. The van der Waals surface area contributed by atoms with E-state index in [1.54, 1.807) is 0 Å². The van der Waals surface area contributed by atoms with E-state index in [0.29, 0.717) is 29.2 Å². The normalized spacial score (nSPS) is 12.0. The Hall–Kier alpha value is -1.80. The van der Waals surface area contributed by atoms with Gasteiger partial charge in [-0.3, -0.25) is 0 Å². The Labute approximate surface area is 110 Å². The van der Waals surface area contributed by atoms with E-state index >= 15 is 0 Å². The van der Waals surface area contributed by atoms with E-state index in [1.807, 2.05) is 24.3 Å². The number of nitrogens with zero attached hydrogens (tertiary/aromatic N) is 3. The molecule has 2 aromatic rings. The molecule has 0 radical (unpaired) electrons. The van der Waals surface area contributed by atoms with Gasteiger partial charge in [-0.15, -0.1) is 10.2 Å². The van der Waals surface area contributed by atoms with Crippen LogP contribution in [0.25, 0.3) is 0 Å². The highest BCUT2D eigenvalue weighted by Gasteiger charge is 2.12. The Morgan fingerprint density at radius 1 is 1.33 bits per heavy atom. The van der Waals surface area contributed by atoms with Crippen LogP contribution in [0.4, 0.5) is 0 Å². The quantitative estimate of drug-likeness (QED) is 0.772. The molecule has 18 heavy (non-hydrogen) atoms. The highest BCUT2D eigenvalue weighted by atomic mass is 32.2. The van der Waals surface area contributed by atoms with E-state index in [2.05, 4.69) is 29.3 Å². The Morgan fingerprint density at radius 2 is 2.11 bits per heavy atom. The molecule has 0 fully saturated rings. The lowest BCUT2D eigenvalue weighted by atomic mass is 9.98. The van der Waals surface area contributed by atoms with Crippen LogP contribution in [-0.4, -0.2) is 16.0 Å². The minimum absolute atomic E-state index is 0.329. The van der Waals surface area contributed by atoms with Crippen molar-refractivity contribution in [2.45, 2.75) is 24.5 Å². The van der Waals surface area contributed by atoms with Crippen molar-refractivity contribution in [2.24, 2.45) is 0 Å². The molecule has 0 aliphatic carbocycles. The van der Waals surface area contributed by atoms with Crippen molar-refractivity contribution in [3.63, 3.8) is 0 Å². The smallest absolute Gasteiger partial charge is 0.277 e. The maximum atomic E-state index is 8.47. The highest BCUT2D eigenvalue weighted by molar-refractivity contribution is 7.99. The zero-order valence-corrected chi connectivity index (χ0v) is 10.9. The van der Waals surface area contributed by atoms with Crippen LogP contribution in [0.1, 0.15) is 24.3 Å². The molecule has 1 atom stereocenters. The molecule has 0 bridgehead atoms. The van der Waals surface area contributed by atoms with Gasteiger partial charge in [-0.2, -0.15) is 5.26 Å². The fraction of sp³-hybridized carbons (Fsp3) is 0.308. The summed E-state index contributed by atoms with van der Waals surface area (Å²) in [7, 11) is 0. The number of hydrogen-bond acceptors (Lipinski definition) is 5. The predicted octanol–water partition coefficient (Wildman–Crippen LogP) is 3.03. The van der Waals surface area contributed by atoms with Gasteiger partial charge < -0.3 is 4.42 Å². The van der Waals surface area contributed by atoms with E-state index in [0.717, 1.165) is 0 Å². The number of hydrogen-bond donors (Lipinski definition) is 0. The van der Waals surface area contributed by atoms with Gasteiger partial charge in [0.05, 0.1) is 11.8 Å². The van der Waals surface area contributed by atoms with Crippen LogP contribution in [0.15, 0.2) is 40.0 Å². The van der Waals surface area contributed by atoms with Gasteiger partial charge in [0.1, 0.15) is 0 Å². The Balaban J connectivity index is 1.97. The molecule has 2 rings (SSSR count). The van der Waals surface area contributed by atoms with Gasteiger partial charge in [0, 0.05) is 6.42 Å². The molecule has 1 aromatic carbocycles. The number of benzene rings is 1. The minimum atomic E-state index is 0.329. The van der Waals surface area contributed by atoms with Gasteiger partial charge >= 0.3 is 0 Å². The standard InChI is InChI=1S/C13H13N3OS/c1-10(11-5-3-2-4-6-11)9-12-15-16-13(17-12)18-8-7-14/h2-6,10H,8-9H2,1H3/t10-/m1/s1. The molecule has 4 nitrogen and oxygen atoms in total. The zero-order valence-electron chi connectivity index (χ0n) is 10.0. The van der Waals surface area contributed by atoms with Crippen molar-refractivity contribution >= 4 is 11.8 Å². The van der Waals surface area contributed by atoms with Crippen LogP contribution in [0.5, 0.6) is 0 Å². The summed E-state index contributed by atoms with van der Waals surface area (Å²) in [4.78, 5) is 0. The van der Waals surface area contributed by atoms with Gasteiger partial charge in [-0.05, 0) is 11.5 Å². The SMILES string of the molecule is C[C@H](Cc1nnc(SCC#N)o1)c1ccccc1. The molecule has 5 heteroatoms. The Morgan fingerprint density at radius 3 is 2.83 bits per heavy atom. The molecule has 0 saturated heterocycles. The van der Waals surface area contributed by atoms with Crippen molar-refractivity contribution in [3.8, 4) is 6.07 Å².